The molecule has 3 rings (SSSR count). The van der Waals surface area contributed by atoms with E-state index in [4.69, 9.17) is 5.26 Å². The lowest BCUT2D eigenvalue weighted by atomic mass is 9.89. The van der Waals surface area contributed by atoms with Crippen LogP contribution in [0.2, 0.25) is 0 Å². The van der Waals surface area contributed by atoms with Crippen molar-refractivity contribution in [2.75, 3.05) is 36.4 Å². The molecule has 6 heteroatoms. The van der Waals surface area contributed by atoms with Crippen molar-refractivity contribution in [3.63, 3.8) is 0 Å². The van der Waals surface area contributed by atoms with Gasteiger partial charge in [-0.05, 0) is 80.1 Å². The summed E-state index contributed by atoms with van der Waals surface area (Å²) in [7, 11) is 0. The fourth-order valence-electron chi connectivity index (χ4n) is 3.85. The second-order valence-corrected chi connectivity index (χ2v) is 9.53. The molecule has 1 fully saturated rings. The molecule has 1 heterocycles. The van der Waals surface area contributed by atoms with E-state index in [2.05, 4.69) is 63.9 Å². The van der Waals surface area contributed by atoms with Crippen LogP contribution in [0.15, 0.2) is 42.5 Å². The summed E-state index contributed by atoms with van der Waals surface area (Å²) >= 11 is 3.06. The zero-order valence-electron chi connectivity index (χ0n) is 18.0. The molecule has 1 saturated heterocycles. The Morgan fingerprint density at radius 3 is 2.63 bits per heavy atom. The lowest BCUT2D eigenvalue weighted by molar-refractivity contribution is 0.204. The van der Waals surface area contributed by atoms with E-state index in [1.807, 2.05) is 12.1 Å². The summed E-state index contributed by atoms with van der Waals surface area (Å²) in [6, 6.07) is 17.2. The van der Waals surface area contributed by atoms with Crippen LogP contribution in [-0.4, -0.2) is 36.5 Å². The number of aryl methyl sites for hydroxylation is 1. The summed E-state index contributed by atoms with van der Waals surface area (Å²) in [4.78, 5) is 2.57. The van der Waals surface area contributed by atoms with Crippen molar-refractivity contribution in [1.82, 2.24) is 9.62 Å². The zero-order valence-corrected chi connectivity index (χ0v) is 19.7. The van der Waals surface area contributed by atoms with Gasteiger partial charge < -0.3 is 4.72 Å². The first-order valence-corrected chi connectivity index (χ1v) is 13.0. The summed E-state index contributed by atoms with van der Waals surface area (Å²) in [5, 5.41) is 8.98. The first-order chi connectivity index (χ1) is 14.7. The van der Waals surface area contributed by atoms with Crippen molar-refractivity contribution in [3.8, 4) is 6.07 Å². The number of benzene rings is 2. The number of nitrogens with zero attached hydrogens (tertiary/aromatic N) is 2. The molecule has 0 aromatic heterocycles. The van der Waals surface area contributed by atoms with Gasteiger partial charge in [0.25, 0.3) is 0 Å². The standard InChI is InChI=1S/C24H32N4S2/c1-19-4-5-21(16-24(19)27-30-15-3-12-26-29-2)18-28-13-10-23(11-14-28)22-8-6-20(17-25)7-9-22/h4-9,16,23,26-27H,3,10-15,18H2,1-2H3/p+1. The lowest BCUT2D eigenvalue weighted by Gasteiger charge is -2.32. The van der Waals surface area contributed by atoms with Crippen LogP contribution in [-0.2, 0) is 18.5 Å². The molecule has 0 amide bonds. The number of nitrogens with one attached hydrogen (secondary N) is 2. The Labute approximate surface area is 190 Å². The van der Waals surface area contributed by atoms with Gasteiger partial charge in [-0.2, -0.15) is 5.26 Å². The van der Waals surface area contributed by atoms with Gasteiger partial charge in [0.05, 0.1) is 23.6 Å². The van der Waals surface area contributed by atoms with Gasteiger partial charge in [0.1, 0.15) is 6.26 Å². The fourth-order valence-corrected chi connectivity index (χ4v) is 5.00. The number of likely N-dealkylation sites (tertiary alicyclic amines) is 1. The number of thiol groups is 1. The van der Waals surface area contributed by atoms with E-state index in [-0.39, 0.29) is 0 Å². The summed E-state index contributed by atoms with van der Waals surface area (Å²) in [6.45, 7) is 6.51. The van der Waals surface area contributed by atoms with Crippen LogP contribution >= 0.6 is 11.9 Å². The topological polar surface area (TPSA) is 51.1 Å². The fraction of sp³-hybridized carbons (Fsp3) is 0.458. The summed E-state index contributed by atoms with van der Waals surface area (Å²) in [5.41, 5.74) is 6.05. The van der Waals surface area contributed by atoms with Crippen LogP contribution in [0.4, 0.5) is 5.69 Å². The average Bonchev–Trinajstić information content (AvgIpc) is 2.79. The molecule has 1 aliphatic rings. The van der Waals surface area contributed by atoms with Crippen molar-refractivity contribution in [3.05, 3.63) is 64.7 Å². The van der Waals surface area contributed by atoms with Crippen molar-refractivity contribution in [2.24, 2.45) is 0 Å². The van der Waals surface area contributed by atoms with Gasteiger partial charge in [0, 0.05) is 24.5 Å². The quantitative estimate of drug-likeness (QED) is 0.243. The molecule has 0 atom stereocenters. The molecular formula is C24H33N4S2+. The van der Waals surface area contributed by atoms with Gasteiger partial charge in [-0.25, -0.2) is 0 Å². The number of hydrogen-bond donors (Lipinski definition) is 2. The van der Waals surface area contributed by atoms with E-state index < -0.39 is 0 Å². The highest BCUT2D eigenvalue weighted by Gasteiger charge is 2.20. The van der Waals surface area contributed by atoms with Crippen molar-refractivity contribution < 1.29 is 0 Å². The molecule has 4 nitrogen and oxygen atoms in total. The summed E-state index contributed by atoms with van der Waals surface area (Å²) in [5.74, 6) is 1.72. The maximum absolute atomic E-state index is 8.98. The van der Waals surface area contributed by atoms with Gasteiger partial charge >= 0.3 is 0 Å². The Hall–Kier alpha value is -1.65. The van der Waals surface area contributed by atoms with Crippen LogP contribution in [0.3, 0.4) is 0 Å². The number of nitriles is 1. The average molecular weight is 442 g/mol. The molecule has 2 N–H and O–H groups in total. The van der Waals surface area contributed by atoms with E-state index in [1.54, 1.807) is 11.9 Å². The molecule has 0 unspecified atom stereocenters. The molecule has 0 saturated carbocycles. The Balaban J connectivity index is 1.46. The van der Waals surface area contributed by atoms with Crippen molar-refractivity contribution in [2.45, 2.75) is 38.6 Å². The maximum atomic E-state index is 8.98. The Kier molecular flexibility index (Phi) is 9.41. The number of hydrogen-bond acceptors (Lipinski definition) is 5. The molecule has 2 aromatic rings. The number of piperidine rings is 1. The molecule has 0 bridgehead atoms. The predicted octanol–water partition coefficient (Wildman–Crippen LogP) is 4.65. The summed E-state index contributed by atoms with van der Waals surface area (Å²) in [6.07, 6.45) is 5.66. The molecule has 0 radical (unpaired) electrons. The normalized spacial score (nSPS) is 15.1. The second-order valence-electron chi connectivity index (χ2n) is 7.87. The molecular weight excluding hydrogens is 408 g/mol. The molecule has 30 heavy (non-hydrogen) atoms. The second kappa shape index (κ2) is 12.3. The third kappa shape index (κ3) is 6.95. The van der Waals surface area contributed by atoms with Gasteiger partial charge in [0.2, 0.25) is 0 Å². The predicted molar refractivity (Wildman–Crippen MR) is 133 cm³/mol. The third-order valence-electron chi connectivity index (χ3n) is 5.68. The van der Waals surface area contributed by atoms with Gasteiger partial charge in [0.15, 0.2) is 0 Å². The van der Waals surface area contributed by atoms with E-state index in [1.165, 1.54) is 53.6 Å². The number of anilines is 1. The third-order valence-corrected chi connectivity index (χ3v) is 7.08. The van der Waals surface area contributed by atoms with Crippen molar-refractivity contribution >= 4 is 29.6 Å². The minimum atomic E-state index is 0.613. The largest absolute Gasteiger partial charge is 0.329 e. The Bertz CT molecular complexity index is 824. The molecule has 160 valence electrons. The monoisotopic (exact) mass is 441 g/mol. The molecule has 0 spiro atoms. The Morgan fingerprint density at radius 2 is 1.93 bits per heavy atom. The number of rotatable bonds is 10. The highest BCUT2D eigenvalue weighted by molar-refractivity contribution is 8.00. The van der Waals surface area contributed by atoms with E-state index in [9.17, 15) is 0 Å². The van der Waals surface area contributed by atoms with Crippen LogP contribution in [0.5, 0.6) is 0 Å². The highest BCUT2D eigenvalue weighted by Crippen LogP contribution is 2.29. The van der Waals surface area contributed by atoms with E-state index in [0.717, 1.165) is 37.5 Å². The lowest BCUT2D eigenvalue weighted by Crippen LogP contribution is -2.32. The van der Waals surface area contributed by atoms with Crippen LogP contribution in [0.25, 0.3) is 0 Å². The SMILES string of the molecule is C[SH+]NCCCSNc1cc(CN2CCC(c3ccc(C#N)cc3)CC2)ccc1C. The zero-order chi connectivity index (χ0) is 21.2. The van der Waals surface area contributed by atoms with Crippen LogP contribution < -0.4 is 9.44 Å². The first kappa shape index (κ1) is 23.0. The molecule has 2 aromatic carbocycles. The molecule has 1 aliphatic heterocycles. The smallest absolute Gasteiger partial charge is 0.115 e. The first-order valence-electron chi connectivity index (χ1n) is 10.7. The van der Waals surface area contributed by atoms with Gasteiger partial charge in [-0.1, -0.05) is 36.2 Å². The molecule has 0 aliphatic carbocycles. The highest BCUT2D eigenvalue weighted by atomic mass is 32.2. The van der Waals surface area contributed by atoms with Crippen molar-refractivity contribution in [1.29, 1.82) is 5.26 Å². The van der Waals surface area contributed by atoms with Gasteiger partial charge in [-0.15, -0.1) is 4.72 Å². The minimum absolute atomic E-state index is 0.613. The van der Waals surface area contributed by atoms with Crippen LogP contribution in [0.1, 0.15) is 47.4 Å². The maximum Gasteiger partial charge on any atom is 0.115 e. The summed E-state index contributed by atoms with van der Waals surface area (Å²) < 4.78 is 6.89. The van der Waals surface area contributed by atoms with E-state index >= 15 is 0 Å². The van der Waals surface area contributed by atoms with Crippen LogP contribution in [0, 0.1) is 18.3 Å². The van der Waals surface area contributed by atoms with Gasteiger partial charge in [-0.3, -0.25) is 4.90 Å². The van der Waals surface area contributed by atoms with E-state index in [0.29, 0.717) is 5.92 Å². The minimum Gasteiger partial charge on any atom is -0.329 e. The Morgan fingerprint density at radius 1 is 1.17 bits per heavy atom.